The third-order valence-corrected chi connectivity index (χ3v) is 5.54. The number of aromatic nitrogens is 2. The predicted octanol–water partition coefficient (Wildman–Crippen LogP) is 2.81. The van der Waals surface area contributed by atoms with Crippen LogP contribution >= 0.6 is 0 Å². The lowest BCUT2D eigenvalue weighted by Crippen LogP contribution is -2.45. The van der Waals surface area contributed by atoms with Gasteiger partial charge < -0.3 is 9.64 Å². The molecule has 0 radical (unpaired) electrons. The number of carbonyl (C=O) groups is 2. The highest BCUT2D eigenvalue weighted by Crippen LogP contribution is 2.23. The second kappa shape index (κ2) is 8.69. The normalized spacial score (nSPS) is 19.9. The molecule has 4 rings (SSSR count). The van der Waals surface area contributed by atoms with E-state index in [1.807, 2.05) is 48.2 Å². The van der Waals surface area contributed by atoms with Crippen LogP contribution in [-0.2, 0) is 14.3 Å². The van der Waals surface area contributed by atoms with E-state index in [-0.39, 0.29) is 23.8 Å². The molecular formula is C22H26N4O3. The van der Waals surface area contributed by atoms with Gasteiger partial charge in [0, 0.05) is 36.9 Å². The zero-order valence-corrected chi connectivity index (χ0v) is 16.6. The van der Waals surface area contributed by atoms with E-state index < -0.39 is 0 Å². The fraction of sp³-hybridized carbons (Fsp3) is 0.455. The number of likely N-dealkylation sites (tertiary alicyclic amines) is 1. The van der Waals surface area contributed by atoms with Crippen LogP contribution in [-0.4, -0.2) is 52.5 Å². The Morgan fingerprint density at radius 2 is 1.86 bits per heavy atom. The second-order valence-electron chi connectivity index (χ2n) is 7.67. The number of rotatable bonds is 4. The SMILES string of the molecule is Cc1cc(-c2ccccc2)nc(NC(=O)C2CCN(C(=O)C3CCCO3)CC2)n1. The molecule has 29 heavy (non-hydrogen) atoms. The number of carbonyl (C=O) groups excluding carboxylic acids is 2. The van der Waals surface area contributed by atoms with Crippen LogP contribution in [0.3, 0.4) is 0 Å². The van der Waals surface area contributed by atoms with Gasteiger partial charge in [-0.2, -0.15) is 0 Å². The minimum absolute atomic E-state index is 0.0656. The van der Waals surface area contributed by atoms with Gasteiger partial charge in [0.25, 0.3) is 5.91 Å². The van der Waals surface area contributed by atoms with Crippen LogP contribution in [0, 0.1) is 12.8 Å². The molecule has 2 aliphatic heterocycles. The van der Waals surface area contributed by atoms with Gasteiger partial charge in [-0.3, -0.25) is 14.9 Å². The first kappa shape index (κ1) is 19.5. The predicted molar refractivity (Wildman–Crippen MR) is 109 cm³/mol. The lowest BCUT2D eigenvalue weighted by molar-refractivity contribution is -0.143. The topological polar surface area (TPSA) is 84.4 Å². The Kier molecular flexibility index (Phi) is 5.85. The van der Waals surface area contributed by atoms with Crippen LogP contribution in [0.25, 0.3) is 11.3 Å². The third kappa shape index (κ3) is 4.62. The van der Waals surface area contributed by atoms with Gasteiger partial charge >= 0.3 is 0 Å². The number of hydrogen-bond acceptors (Lipinski definition) is 5. The van der Waals surface area contributed by atoms with Gasteiger partial charge in [0.2, 0.25) is 11.9 Å². The van der Waals surface area contributed by atoms with E-state index in [0.717, 1.165) is 29.8 Å². The van der Waals surface area contributed by atoms with Crippen molar-refractivity contribution in [2.45, 2.75) is 38.7 Å². The van der Waals surface area contributed by atoms with E-state index in [1.165, 1.54) is 0 Å². The Labute approximate surface area is 170 Å². The number of piperidine rings is 1. The molecule has 1 aromatic carbocycles. The van der Waals surface area contributed by atoms with E-state index in [4.69, 9.17) is 4.74 Å². The van der Waals surface area contributed by atoms with Gasteiger partial charge in [-0.25, -0.2) is 9.97 Å². The Morgan fingerprint density at radius 3 is 2.55 bits per heavy atom. The maximum atomic E-state index is 12.7. The summed E-state index contributed by atoms with van der Waals surface area (Å²) >= 11 is 0. The van der Waals surface area contributed by atoms with Crippen molar-refractivity contribution in [3.8, 4) is 11.3 Å². The first-order valence-electron chi connectivity index (χ1n) is 10.2. The maximum absolute atomic E-state index is 12.7. The number of nitrogens with zero attached hydrogens (tertiary/aromatic N) is 3. The largest absolute Gasteiger partial charge is 0.368 e. The molecule has 2 aromatic rings. The van der Waals surface area contributed by atoms with Crippen LogP contribution in [0.15, 0.2) is 36.4 Å². The van der Waals surface area contributed by atoms with Crippen LogP contribution in [0.5, 0.6) is 0 Å². The second-order valence-corrected chi connectivity index (χ2v) is 7.67. The Balaban J connectivity index is 1.36. The molecule has 0 spiro atoms. The summed E-state index contributed by atoms with van der Waals surface area (Å²) in [6, 6.07) is 11.7. The molecule has 152 valence electrons. The third-order valence-electron chi connectivity index (χ3n) is 5.54. The van der Waals surface area contributed by atoms with E-state index in [9.17, 15) is 9.59 Å². The molecular weight excluding hydrogens is 368 g/mol. The van der Waals surface area contributed by atoms with Crippen molar-refractivity contribution in [1.82, 2.24) is 14.9 Å². The minimum atomic E-state index is -0.294. The Morgan fingerprint density at radius 1 is 1.10 bits per heavy atom. The van der Waals surface area contributed by atoms with Crippen molar-refractivity contribution in [2.24, 2.45) is 5.92 Å². The highest BCUT2D eigenvalue weighted by Gasteiger charge is 2.32. The Hall–Kier alpha value is -2.80. The average molecular weight is 394 g/mol. The molecule has 1 N–H and O–H groups in total. The molecule has 0 saturated carbocycles. The number of nitrogens with one attached hydrogen (secondary N) is 1. The van der Waals surface area contributed by atoms with Crippen LogP contribution < -0.4 is 5.32 Å². The lowest BCUT2D eigenvalue weighted by Gasteiger charge is -2.32. The van der Waals surface area contributed by atoms with Crippen LogP contribution in [0.1, 0.15) is 31.4 Å². The highest BCUT2D eigenvalue weighted by atomic mass is 16.5. The molecule has 0 bridgehead atoms. The van der Waals surface area contributed by atoms with Gasteiger partial charge in [0.15, 0.2) is 0 Å². The molecule has 2 aliphatic rings. The fourth-order valence-corrected chi connectivity index (χ4v) is 3.93. The van der Waals surface area contributed by atoms with Gasteiger partial charge in [-0.1, -0.05) is 30.3 Å². The van der Waals surface area contributed by atoms with Crippen molar-refractivity contribution in [3.05, 3.63) is 42.1 Å². The molecule has 2 amide bonds. The summed E-state index contributed by atoms with van der Waals surface area (Å²) in [5, 5.41) is 2.87. The van der Waals surface area contributed by atoms with Gasteiger partial charge in [0.05, 0.1) is 5.69 Å². The maximum Gasteiger partial charge on any atom is 0.251 e. The molecule has 2 fully saturated rings. The molecule has 1 aromatic heterocycles. The molecule has 1 unspecified atom stereocenters. The van der Waals surface area contributed by atoms with Crippen molar-refractivity contribution >= 4 is 17.8 Å². The summed E-state index contributed by atoms with van der Waals surface area (Å²) in [5.41, 5.74) is 2.56. The summed E-state index contributed by atoms with van der Waals surface area (Å²) in [6.07, 6.45) is 2.73. The first-order chi connectivity index (χ1) is 14.1. The zero-order valence-electron chi connectivity index (χ0n) is 16.6. The van der Waals surface area contributed by atoms with Gasteiger partial charge in [-0.15, -0.1) is 0 Å². The number of ether oxygens (including phenoxy) is 1. The van der Waals surface area contributed by atoms with Crippen LogP contribution in [0.2, 0.25) is 0 Å². The summed E-state index contributed by atoms with van der Waals surface area (Å²) in [6.45, 7) is 3.72. The number of hydrogen-bond donors (Lipinski definition) is 1. The summed E-state index contributed by atoms with van der Waals surface area (Å²) < 4.78 is 5.49. The van der Waals surface area contributed by atoms with Crippen molar-refractivity contribution in [1.29, 1.82) is 0 Å². The van der Waals surface area contributed by atoms with E-state index >= 15 is 0 Å². The molecule has 7 heteroatoms. The summed E-state index contributed by atoms with van der Waals surface area (Å²) in [5.74, 6) is 0.161. The van der Waals surface area contributed by atoms with Gasteiger partial charge in [0.1, 0.15) is 6.10 Å². The number of aryl methyl sites for hydroxylation is 1. The van der Waals surface area contributed by atoms with Crippen molar-refractivity contribution < 1.29 is 14.3 Å². The number of amides is 2. The molecule has 1 atom stereocenters. The standard InChI is InChI=1S/C22H26N4O3/c1-15-14-18(16-6-3-2-4-7-16)24-22(23-15)25-20(27)17-9-11-26(12-10-17)21(28)19-8-5-13-29-19/h2-4,6-7,14,17,19H,5,8-13H2,1H3,(H,23,24,25,27). The minimum Gasteiger partial charge on any atom is -0.368 e. The van der Waals surface area contributed by atoms with Crippen molar-refractivity contribution in [2.75, 3.05) is 25.0 Å². The first-order valence-corrected chi connectivity index (χ1v) is 10.2. The lowest BCUT2D eigenvalue weighted by atomic mass is 9.95. The molecule has 0 aliphatic carbocycles. The van der Waals surface area contributed by atoms with E-state index in [1.54, 1.807) is 0 Å². The van der Waals surface area contributed by atoms with Crippen LogP contribution in [0.4, 0.5) is 5.95 Å². The highest BCUT2D eigenvalue weighted by molar-refractivity contribution is 5.91. The average Bonchev–Trinajstić information content (AvgIpc) is 3.28. The zero-order chi connectivity index (χ0) is 20.2. The molecule has 7 nitrogen and oxygen atoms in total. The molecule has 2 saturated heterocycles. The van der Waals surface area contributed by atoms with E-state index in [0.29, 0.717) is 38.5 Å². The Bertz CT molecular complexity index is 873. The molecule has 3 heterocycles. The van der Waals surface area contributed by atoms with E-state index in [2.05, 4.69) is 15.3 Å². The summed E-state index contributed by atoms with van der Waals surface area (Å²) in [4.78, 5) is 35.9. The van der Waals surface area contributed by atoms with Crippen molar-refractivity contribution in [3.63, 3.8) is 0 Å². The summed E-state index contributed by atoms with van der Waals surface area (Å²) in [7, 11) is 0. The van der Waals surface area contributed by atoms with Gasteiger partial charge in [-0.05, 0) is 38.7 Å². The number of anilines is 1. The fourth-order valence-electron chi connectivity index (χ4n) is 3.93. The quantitative estimate of drug-likeness (QED) is 0.862. The smallest absolute Gasteiger partial charge is 0.251 e. The monoisotopic (exact) mass is 394 g/mol. The number of benzene rings is 1.